The molecule has 3 aromatic rings. The molecular weight excluding hydrogens is 438 g/mol. The van der Waals surface area contributed by atoms with Crippen LogP contribution in [0.5, 0.6) is 11.5 Å². The van der Waals surface area contributed by atoms with E-state index in [9.17, 15) is 9.59 Å². The largest absolute Gasteiger partial charge is 0.494 e. The third-order valence-corrected chi connectivity index (χ3v) is 4.67. The van der Waals surface area contributed by atoms with E-state index in [1.807, 2.05) is 49.4 Å². The van der Waals surface area contributed by atoms with E-state index < -0.39 is 11.8 Å². The van der Waals surface area contributed by atoms with Gasteiger partial charge in [0.1, 0.15) is 11.5 Å². The van der Waals surface area contributed by atoms with Crippen LogP contribution in [-0.2, 0) is 4.79 Å². The summed E-state index contributed by atoms with van der Waals surface area (Å²) in [5.41, 5.74) is 7.44. The van der Waals surface area contributed by atoms with Crippen LogP contribution in [0, 0.1) is 0 Å². The topological polar surface area (TPSA) is 88.7 Å². The predicted molar refractivity (Wildman–Crippen MR) is 131 cm³/mol. The minimum Gasteiger partial charge on any atom is -0.494 e. The van der Waals surface area contributed by atoms with Crippen LogP contribution in [0.3, 0.4) is 0 Å². The second kappa shape index (κ2) is 12.2. The molecule has 3 N–H and O–H groups in total. The maximum absolute atomic E-state index is 12.2. The highest BCUT2D eigenvalue weighted by Gasteiger charge is 2.09. The molecule has 0 fully saturated rings. The maximum atomic E-state index is 12.2. The molecular formula is C25H25N3O4S. The second-order valence-corrected chi connectivity index (χ2v) is 7.42. The van der Waals surface area contributed by atoms with Crippen molar-refractivity contribution in [2.45, 2.75) is 13.3 Å². The standard InChI is InChI=1S/C25H25N3O4S/c1-2-16-31-21-14-10-20(11-15-21)24(30)26-25(33)28-27-23(29)17-32-22-12-8-19(9-13-22)18-6-4-3-5-7-18/h3-15H,2,16-17H2,1H3,(H,27,29)(H2,26,28,30,33). The molecule has 0 aromatic heterocycles. The molecule has 0 atom stereocenters. The van der Waals surface area contributed by atoms with Gasteiger partial charge < -0.3 is 9.47 Å². The van der Waals surface area contributed by atoms with E-state index in [-0.39, 0.29) is 11.7 Å². The van der Waals surface area contributed by atoms with Crippen molar-refractivity contribution in [1.82, 2.24) is 16.2 Å². The van der Waals surface area contributed by atoms with Crippen molar-refractivity contribution >= 4 is 29.1 Å². The molecule has 0 saturated carbocycles. The van der Waals surface area contributed by atoms with E-state index in [1.165, 1.54) is 0 Å². The minimum absolute atomic E-state index is 0.0353. The van der Waals surface area contributed by atoms with Gasteiger partial charge in [-0.2, -0.15) is 0 Å². The summed E-state index contributed by atoms with van der Waals surface area (Å²) < 4.78 is 11.0. The van der Waals surface area contributed by atoms with Crippen LogP contribution >= 0.6 is 12.2 Å². The predicted octanol–water partition coefficient (Wildman–Crippen LogP) is 3.86. The van der Waals surface area contributed by atoms with Gasteiger partial charge in [0.15, 0.2) is 11.7 Å². The van der Waals surface area contributed by atoms with E-state index >= 15 is 0 Å². The molecule has 0 spiro atoms. The normalized spacial score (nSPS) is 10.1. The molecule has 0 bridgehead atoms. The summed E-state index contributed by atoms with van der Waals surface area (Å²) >= 11 is 5.05. The van der Waals surface area contributed by atoms with E-state index in [4.69, 9.17) is 21.7 Å². The number of hydrogen-bond acceptors (Lipinski definition) is 5. The average Bonchev–Trinajstić information content (AvgIpc) is 2.86. The number of nitrogens with one attached hydrogen (secondary N) is 3. The lowest BCUT2D eigenvalue weighted by molar-refractivity contribution is -0.123. The molecule has 0 saturated heterocycles. The lowest BCUT2D eigenvalue weighted by atomic mass is 10.1. The quantitative estimate of drug-likeness (QED) is 0.347. The molecule has 7 nitrogen and oxygen atoms in total. The molecule has 33 heavy (non-hydrogen) atoms. The Morgan fingerprint density at radius 2 is 1.39 bits per heavy atom. The number of carbonyl (C=O) groups is 2. The number of ether oxygens (including phenoxy) is 2. The van der Waals surface area contributed by atoms with Crippen molar-refractivity contribution in [3.8, 4) is 22.6 Å². The number of amides is 2. The molecule has 0 unspecified atom stereocenters. The van der Waals surface area contributed by atoms with E-state index in [0.717, 1.165) is 17.5 Å². The number of rotatable bonds is 8. The van der Waals surface area contributed by atoms with Crippen LogP contribution in [0.15, 0.2) is 78.9 Å². The second-order valence-electron chi connectivity index (χ2n) is 7.01. The first kappa shape index (κ1) is 23.7. The maximum Gasteiger partial charge on any atom is 0.276 e. The molecule has 0 heterocycles. The summed E-state index contributed by atoms with van der Waals surface area (Å²) in [4.78, 5) is 24.3. The SMILES string of the molecule is CCCOc1ccc(C(=O)NC(=S)NNC(=O)COc2ccc(-c3ccccc3)cc2)cc1. The fraction of sp³-hybridized carbons (Fsp3) is 0.160. The van der Waals surface area contributed by atoms with Gasteiger partial charge in [-0.25, -0.2) is 0 Å². The van der Waals surface area contributed by atoms with Gasteiger partial charge >= 0.3 is 0 Å². The Morgan fingerprint density at radius 3 is 2.06 bits per heavy atom. The highest BCUT2D eigenvalue weighted by molar-refractivity contribution is 7.80. The molecule has 8 heteroatoms. The fourth-order valence-electron chi connectivity index (χ4n) is 2.81. The Kier molecular flexibility index (Phi) is 8.79. The van der Waals surface area contributed by atoms with E-state index in [0.29, 0.717) is 23.7 Å². The summed E-state index contributed by atoms with van der Waals surface area (Å²) in [6.45, 7) is 2.42. The van der Waals surface area contributed by atoms with Crippen LogP contribution in [0.4, 0.5) is 0 Å². The highest BCUT2D eigenvalue weighted by atomic mass is 32.1. The molecule has 2 amide bonds. The third kappa shape index (κ3) is 7.62. The first-order chi connectivity index (χ1) is 16.0. The number of benzene rings is 3. The number of hydrogen-bond donors (Lipinski definition) is 3. The lowest BCUT2D eigenvalue weighted by Gasteiger charge is -2.12. The minimum atomic E-state index is -0.448. The van der Waals surface area contributed by atoms with Crippen LogP contribution in [-0.4, -0.2) is 30.1 Å². The van der Waals surface area contributed by atoms with Crippen molar-refractivity contribution in [3.63, 3.8) is 0 Å². The zero-order valence-electron chi connectivity index (χ0n) is 18.2. The van der Waals surface area contributed by atoms with E-state index in [1.54, 1.807) is 36.4 Å². The lowest BCUT2D eigenvalue weighted by Crippen LogP contribution is -2.49. The first-order valence-electron chi connectivity index (χ1n) is 10.5. The van der Waals surface area contributed by atoms with Gasteiger partial charge in [0.2, 0.25) is 0 Å². The van der Waals surface area contributed by atoms with Gasteiger partial charge in [0.05, 0.1) is 6.61 Å². The van der Waals surface area contributed by atoms with Crippen molar-refractivity contribution in [1.29, 1.82) is 0 Å². The Morgan fingerprint density at radius 1 is 0.788 bits per heavy atom. The summed E-state index contributed by atoms with van der Waals surface area (Å²) in [6.07, 6.45) is 0.902. The summed E-state index contributed by atoms with van der Waals surface area (Å²) in [6, 6.07) is 24.1. The van der Waals surface area contributed by atoms with Crippen LogP contribution < -0.4 is 25.6 Å². The molecule has 170 valence electrons. The number of hydrazine groups is 1. The molecule has 0 radical (unpaired) electrons. The van der Waals surface area contributed by atoms with Gasteiger partial charge in [-0.05, 0) is 66.2 Å². The van der Waals surface area contributed by atoms with Gasteiger partial charge in [-0.15, -0.1) is 0 Å². The van der Waals surface area contributed by atoms with Gasteiger partial charge in [0, 0.05) is 5.56 Å². The first-order valence-corrected chi connectivity index (χ1v) is 10.9. The van der Waals surface area contributed by atoms with Crippen LogP contribution in [0.2, 0.25) is 0 Å². The summed E-state index contributed by atoms with van der Waals surface area (Å²) in [7, 11) is 0. The molecule has 0 aliphatic carbocycles. The van der Waals surface area contributed by atoms with Crippen LogP contribution in [0.25, 0.3) is 11.1 Å². The molecule has 3 aromatic carbocycles. The highest BCUT2D eigenvalue weighted by Crippen LogP contribution is 2.21. The Hall–Kier alpha value is -3.91. The van der Waals surface area contributed by atoms with E-state index in [2.05, 4.69) is 16.2 Å². The Balaban J connectivity index is 1.38. The average molecular weight is 464 g/mol. The Labute approximate surface area is 198 Å². The smallest absolute Gasteiger partial charge is 0.276 e. The van der Waals surface area contributed by atoms with Gasteiger partial charge in [-0.3, -0.25) is 25.8 Å². The fourth-order valence-corrected chi connectivity index (χ4v) is 2.96. The number of carbonyl (C=O) groups excluding carboxylic acids is 2. The molecule has 3 rings (SSSR count). The summed E-state index contributed by atoms with van der Waals surface area (Å²) in [5, 5.41) is 2.46. The molecule has 0 aliphatic rings. The van der Waals surface area contributed by atoms with Crippen molar-refractivity contribution in [2.24, 2.45) is 0 Å². The monoisotopic (exact) mass is 463 g/mol. The number of thiocarbonyl (C=S) groups is 1. The zero-order valence-corrected chi connectivity index (χ0v) is 19.0. The molecule has 0 aliphatic heterocycles. The summed E-state index contributed by atoms with van der Waals surface area (Å²) in [5.74, 6) is 0.401. The zero-order chi connectivity index (χ0) is 23.5. The Bertz CT molecular complexity index is 1070. The van der Waals surface area contributed by atoms with Crippen molar-refractivity contribution < 1.29 is 19.1 Å². The third-order valence-electron chi connectivity index (χ3n) is 4.46. The van der Waals surface area contributed by atoms with Crippen LogP contribution in [0.1, 0.15) is 23.7 Å². The van der Waals surface area contributed by atoms with Gasteiger partial charge in [-0.1, -0.05) is 49.4 Å². The van der Waals surface area contributed by atoms with Crippen molar-refractivity contribution in [3.05, 3.63) is 84.4 Å². The van der Waals surface area contributed by atoms with Gasteiger partial charge in [0.25, 0.3) is 11.8 Å². The van der Waals surface area contributed by atoms with Crippen molar-refractivity contribution in [2.75, 3.05) is 13.2 Å².